The number of carbonyl (C=O) groups is 4. The number of hydrogen-bond donors (Lipinski definition) is 2. The average Bonchev–Trinajstić information content (AvgIpc) is 3.60. The van der Waals surface area contributed by atoms with Crippen LogP contribution in [-0.2, 0) is 29.8 Å². The van der Waals surface area contributed by atoms with E-state index < -0.39 is 99.9 Å². The van der Waals surface area contributed by atoms with Crippen LogP contribution in [-0.4, -0.2) is 73.2 Å². The maximum Gasteiger partial charge on any atom is 1.00 e. The van der Waals surface area contributed by atoms with Crippen molar-refractivity contribution < 1.29 is 184 Å². The molecular formula is C36H26N8Na4O14S2. The van der Waals surface area contributed by atoms with Crippen LogP contribution in [0.2, 0.25) is 0 Å². The molecule has 310 valence electrons. The summed E-state index contributed by atoms with van der Waals surface area (Å²) in [6, 6.07) is 9.18. The first-order valence-electron chi connectivity index (χ1n) is 16.9. The molecule has 2 aliphatic rings. The fourth-order valence-corrected chi connectivity index (χ4v) is 7.14. The van der Waals surface area contributed by atoms with Gasteiger partial charge in [0, 0.05) is 0 Å². The van der Waals surface area contributed by atoms with E-state index in [-0.39, 0.29) is 130 Å². The Hall–Kier alpha value is -3.28. The summed E-state index contributed by atoms with van der Waals surface area (Å²) in [6.45, 7) is 6.31. The molecule has 28 heteroatoms. The van der Waals surface area contributed by atoms with Crippen molar-refractivity contribution in [3.63, 3.8) is 0 Å². The van der Waals surface area contributed by atoms with Gasteiger partial charge in [0.15, 0.2) is 12.1 Å². The number of carboxylic acid groups (broad SMARTS) is 2. The predicted molar refractivity (Wildman–Crippen MR) is 199 cm³/mol. The minimum absolute atomic E-state index is 0. The van der Waals surface area contributed by atoms with Crippen LogP contribution in [0.5, 0.6) is 11.5 Å². The normalized spacial score (nSPS) is 16.2. The number of carboxylic acids is 2. The monoisotopic (exact) mass is 950 g/mol. The van der Waals surface area contributed by atoms with Gasteiger partial charge in [-0.2, -0.15) is 57.5 Å². The van der Waals surface area contributed by atoms with Gasteiger partial charge in [0.2, 0.25) is 0 Å². The van der Waals surface area contributed by atoms with Crippen LogP contribution in [0.25, 0.3) is 11.1 Å². The quantitative estimate of drug-likeness (QED) is 0.0802. The zero-order valence-corrected chi connectivity index (χ0v) is 44.7. The number of aromatic carboxylic acids is 2. The number of aryl methyl sites for hydroxylation is 2. The number of nitrogens with zero attached hydrogens (tertiary/aromatic N) is 8. The summed E-state index contributed by atoms with van der Waals surface area (Å²) in [5.41, 5.74) is -0.207. The molecule has 0 fully saturated rings. The molecule has 0 bridgehead atoms. The first-order chi connectivity index (χ1) is 28.0. The van der Waals surface area contributed by atoms with Gasteiger partial charge in [-0.1, -0.05) is 23.6 Å². The maximum atomic E-state index is 13.3. The van der Waals surface area contributed by atoms with Crippen LogP contribution in [0.3, 0.4) is 0 Å². The Bertz CT molecular complexity index is 2750. The Morgan fingerprint density at radius 1 is 0.594 bits per heavy atom. The van der Waals surface area contributed by atoms with Crippen molar-refractivity contribution in [2.24, 2.45) is 30.7 Å². The molecule has 4 aromatic rings. The number of carbonyl (C=O) groups excluding carboxylic acids is 4. The minimum Gasteiger partial charge on any atom is -0.871 e. The van der Waals surface area contributed by atoms with Crippen LogP contribution in [0.4, 0.5) is 22.7 Å². The van der Waals surface area contributed by atoms with Crippen molar-refractivity contribution in [1.82, 2.24) is 0 Å². The fraction of sp³-hybridized carbons (Fsp3) is 0.167. The molecule has 0 aliphatic carbocycles. The largest absolute Gasteiger partial charge is 1.00 e. The van der Waals surface area contributed by atoms with E-state index in [2.05, 4.69) is 30.7 Å². The van der Waals surface area contributed by atoms with Crippen molar-refractivity contribution in [2.75, 3.05) is 10.0 Å². The van der Waals surface area contributed by atoms with Crippen LogP contribution in [0.1, 0.15) is 45.7 Å². The molecule has 22 nitrogen and oxygen atoms in total. The number of hydrazone groups is 2. The molecule has 0 radical (unpaired) electrons. The number of azo groups is 2. The first kappa shape index (κ1) is 56.8. The van der Waals surface area contributed by atoms with Gasteiger partial charge in [-0.15, -0.1) is 0 Å². The average molecular weight is 951 g/mol. The third-order valence-corrected chi connectivity index (χ3v) is 10.7. The molecule has 2 N–H and O–H groups in total. The second-order valence-electron chi connectivity index (χ2n) is 13.2. The topological polar surface area (TPSA) is 350 Å². The summed E-state index contributed by atoms with van der Waals surface area (Å²) in [5, 5.41) is 73.8. The summed E-state index contributed by atoms with van der Waals surface area (Å²) in [7, 11) is -10.0. The molecule has 0 spiro atoms. The summed E-state index contributed by atoms with van der Waals surface area (Å²) < 4.78 is 65.8. The van der Waals surface area contributed by atoms with Crippen molar-refractivity contribution in [1.29, 1.82) is 0 Å². The summed E-state index contributed by atoms with van der Waals surface area (Å²) in [6.07, 6.45) is 0. The van der Waals surface area contributed by atoms with Crippen molar-refractivity contribution >= 4 is 78.2 Å². The fourth-order valence-electron chi connectivity index (χ4n) is 6.09. The number of hydrogen-bond acceptors (Lipinski definition) is 18. The van der Waals surface area contributed by atoms with E-state index in [0.717, 1.165) is 11.1 Å². The van der Waals surface area contributed by atoms with E-state index in [1.54, 1.807) is 50.2 Å². The molecule has 2 atom stereocenters. The third kappa shape index (κ3) is 11.8. The number of rotatable bonds is 11. The minimum atomic E-state index is -5.00. The summed E-state index contributed by atoms with van der Waals surface area (Å²) >= 11 is 0. The van der Waals surface area contributed by atoms with Crippen LogP contribution in [0, 0.1) is 13.8 Å². The van der Waals surface area contributed by atoms with E-state index in [0.29, 0.717) is 56.8 Å². The molecule has 0 saturated heterocycles. The van der Waals surface area contributed by atoms with Gasteiger partial charge in [0.25, 0.3) is 32.1 Å². The van der Waals surface area contributed by atoms with E-state index in [9.17, 15) is 65.5 Å². The molecule has 0 saturated carbocycles. The second kappa shape index (κ2) is 22.0. The van der Waals surface area contributed by atoms with E-state index >= 15 is 0 Å². The SMILES string of the molecule is CC1=NN(c2cc(S(=O)(=O)O)cc(C(=O)[O-])c2[O-])C(=O)C1N=Nc1ccc(-c2ccc(N=NC3C(=O)N(c4cc(S(=O)(=O)O)cc(C(=O)[O-])c4[O-])N=C3C)cc2C)c(C)c1.[Na+].[Na+].[Na+].[Na+]. The summed E-state index contributed by atoms with van der Waals surface area (Å²) in [4.78, 5) is 47.5. The molecular weight excluding hydrogens is 925 g/mol. The molecule has 2 unspecified atom stereocenters. The van der Waals surface area contributed by atoms with E-state index in [1.165, 1.54) is 13.8 Å². The molecule has 2 aliphatic heterocycles. The van der Waals surface area contributed by atoms with Crippen LogP contribution >= 0.6 is 0 Å². The maximum absolute atomic E-state index is 13.3. The Morgan fingerprint density at radius 2 is 0.922 bits per heavy atom. The Balaban J connectivity index is 0.00000352. The Morgan fingerprint density at radius 3 is 1.20 bits per heavy atom. The number of amides is 2. The number of anilines is 2. The predicted octanol–water partition coefficient (Wildman–Crippen LogP) is -10.9. The Kier molecular flexibility index (Phi) is 19.6. The van der Waals surface area contributed by atoms with E-state index in [4.69, 9.17) is 0 Å². The third-order valence-electron chi connectivity index (χ3n) is 9.06. The van der Waals surface area contributed by atoms with Gasteiger partial charge >= 0.3 is 118 Å². The van der Waals surface area contributed by atoms with Gasteiger partial charge in [-0.25, -0.2) is 0 Å². The smallest absolute Gasteiger partial charge is 0.871 e. The standard InChI is InChI=1S/C36H30N8O14S2.4Na/c1-15-9-19(37-39-29-17(3)41-43(33(29)47)27-13-21(59(53,54)55)11-25(31(27)45)35(49)50)5-7-23(15)24-8-6-20(10-16(24)2)38-40-30-18(4)42-44(34(30)48)28-14-22(60(56,57)58)12-26(32(28)46)36(51)52;;;;/h5-14,29-30,45-46H,1-4H3,(H,49,50)(H,51,52)(H,53,54,55)(H,56,57,58);;;;/q;4*+1/p-4. The van der Waals surface area contributed by atoms with Gasteiger partial charge in [-0.3, -0.25) is 18.7 Å². The van der Waals surface area contributed by atoms with Gasteiger partial charge in [0.1, 0.15) is 0 Å². The van der Waals surface area contributed by atoms with Crippen molar-refractivity contribution in [3.8, 4) is 22.6 Å². The Labute approximate surface area is 452 Å². The first-order valence-corrected chi connectivity index (χ1v) is 19.7. The molecule has 2 heterocycles. The van der Waals surface area contributed by atoms with Gasteiger partial charge in [-0.05, 0) is 110 Å². The molecule has 0 aromatic heterocycles. The zero-order chi connectivity index (χ0) is 44.2. The van der Waals surface area contributed by atoms with Gasteiger partial charge in [0.05, 0.1) is 55.9 Å². The van der Waals surface area contributed by atoms with Crippen LogP contribution < -0.4 is 149 Å². The molecule has 6 rings (SSSR count). The summed E-state index contributed by atoms with van der Waals surface area (Å²) in [5.74, 6) is -8.59. The van der Waals surface area contributed by atoms with Crippen LogP contribution in [0.15, 0.2) is 101 Å². The van der Waals surface area contributed by atoms with Gasteiger partial charge < -0.3 is 30.0 Å². The molecule has 2 amide bonds. The second-order valence-corrected chi connectivity index (χ2v) is 16.0. The van der Waals surface area contributed by atoms with Crippen molar-refractivity contribution in [3.05, 3.63) is 82.9 Å². The molecule has 64 heavy (non-hydrogen) atoms. The van der Waals surface area contributed by atoms with Crippen molar-refractivity contribution in [2.45, 2.75) is 49.6 Å². The zero-order valence-electron chi connectivity index (χ0n) is 35.1. The molecule has 4 aromatic carbocycles. The van der Waals surface area contributed by atoms with E-state index in [1.807, 2.05) is 0 Å². The number of benzene rings is 4.